The first-order valence-electron chi connectivity index (χ1n) is 11.3. The van der Waals surface area contributed by atoms with Gasteiger partial charge < -0.3 is 14.3 Å². The van der Waals surface area contributed by atoms with Crippen molar-refractivity contribution < 1.29 is 18.5 Å². The molecule has 0 spiro atoms. The monoisotopic (exact) mass is 449 g/mol. The average molecular weight is 450 g/mol. The lowest BCUT2D eigenvalue weighted by molar-refractivity contribution is -0.133. The summed E-state index contributed by atoms with van der Waals surface area (Å²) in [6.07, 6.45) is 2.07. The van der Waals surface area contributed by atoms with Crippen LogP contribution >= 0.6 is 0 Å². The van der Waals surface area contributed by atoms with Gasteiger partial charge >= 0.3 is 0 Å². The molecule has 0 radical (unpaired) electrons. The smallest absolute Gasteiger partial charge is 0.276 e. The molecule has 0 aliphatic carbocycles. The maximum atomic E-state index is 13.8. The number of carbonyl (C=O) groups excluding carboxylic acids is 2. The minimum atomic E-state index is -0.418. The average Bonchev–Trinajstić information content (AvgIpc) is 3.23. The zero-order valence-electron chi connectivity index (χ0n) is 19.0. The van der Waals surface area contributed by atoms with Crippen LogP contribution in [0.25, 0.3) is 11.1 Å². The van der Waals surface area contributed by atoms with Gasteiger partial charge in [0.05, 0.1) is 5.92 Å². The highest BCUT2D eigenvalue weighted by atomic mass is 19.1. The lowest BCUT2D eigenvalue weighted by atomic mass is 9.91. The van der Waals surface area contributed by atoms with E-state index < -0.39 is 5.92 Å². The van der Waals surface area contributed by atoms with Crippen LogP contribution in [0.15, 0.2) is 59.1 Å². The van der Waals surface area contributed by atoms with Gasteiger partial charge in [0.25, 0.3) is 5.91 Å². The predicted octanol–water partition coefficient (Wildman–Crippen LogP) is 4.21. The van der Waals surface area contributed by atoms with E-state index in [2.05, 4.69) is 5.16 Å². The number of nitrogens with zero attached hydrogens (tertiary/aromatic N) is 3. The van der Waals surface area contributed by atoms with E-state index in [1.807, 2.05) is 37.3 Å². The highest BCUT2D eigenvalue weighted by Gasteiger charge is 2.32. The number of rotatable bonds is 6. The van der Waals surface area contributed by atoms with Crippen LogP contribution in [0, 0.1) is 11.7 Å². The van der Waals surface area contributed by atoms with Crippen molar-refractivity contribution in [2.24, 2.45) is 5.92 Å². The highest BCUT2D eigenvalue weighted by molar-refractivity contribution is 5.93. The summed E-state index contributed by atoms with van der Waals surface area (Å²) in [4.78, 5) is 29.6. The van der Waals surface area contributed by atoms with Crippen LogP contribution in [-0.2, 0) is 17.6 Å². The summed E-state index contributed by atoms with van der Waals surface area (Å²) in [6.45, 7) is 3.20. The fourth-order valence-corrected chi connectivity index (χ4v) is 4.31. The van der Waals surface area contributed by atoms with E-state index in [0.29, 0.717) is 25.3 Å². The molecule has 0 saturated carbocycles. The van der Waals surface area contributed by atoms with Crippen molar-refractivity contribution >= 4 is 11.8 Å². The lowest BCUT2D eigenvalue weighted by Gasteiger charge is -2.23. The summed E-state index contributed by atoms with van der Waals surface area (Å²) in [7, 11) is 1.76. The van der Waals surface area contributed by atoms with Gasteiger partial charge in [-0.3, -0.25) is 9.59 Å². The van der Waals surface area contributed by atoms with Crippen LogP contribution in [0.3, 0.4) is 0 Å². The van der Waals surface area contributed by atoms with Crippen LogP contribution in [0.1, 0.15) is 35.2 Å². The fourth-order valence-electron chi connectivity index (χ4n) is 4.31. The Morgan fingerprint density at radius 3 is 2.76 bits per heavy atom. The van der Waals surface area contributed by atoms with Gasteiger partial charge in [-0.15, -0.1) is 0 Å². The van der Waals surface area contributed by atoms with Gasteiger partial charge in [-0.25, -0.2) is 4.39 Å². The molecule has 2 heterocycles. The first-order chi connectivity index (χ1) is 16.0. The molecule has 4 rings (SSSR count). The maximum Gasteiger partial charge on any atom is 0.276 e. The molecule has 33 heavy (non-hydrogen) atoms. The molecule has 2 amide bonds. The number of benzene rings is 2. The summed E-state index contributed by atoms with van der Waals surface area (Å²) in [6, 6.07) is 15.8. The van der Waals surface area contributed by atoms with E-state index in [9.17, 15) is 14.0 Å². The number of hydrogen-bond donors (Lipinski definition) is 0. The largest absolute Gasteiger partial charge is 0.361 e. The molecule has 1 fully saturated rings. The Morgan fingerprint density at radius 1 is 1.15 bits per heavy atom. The number of amides is 2. The summed E-state index contributed by atoms with van der Waals surface area (Å²) in [5, 5.41) is 3.95. The van der Waals surface area contributed by atoms with Gasteiger partial charge in [-0.05, 0) is 41.7 Å². The lowest BCUT2D eigenvalue weighted by Crippen LogP contribution is -2.37. The SMILES string of the molecule is CCCc1cc(C(=O)N2CCN(C)C(=O)[C@@H](Cc3ccccc3-c3cccc(F)c3)C2)no1. The quantitative estimate of drug-likeness (QED) is 0.566. The van der Waals surface area contributed by atoms with Crippen LogP contribution in [-0.4, -0.2) is 53.5 Å². The molecule has 1 aliphatic rings. The van der Waals surface area contributed by atoms with E-state index in [-0.39, 0.29) is 29.9 Å². The molecule has 6 nitrogen and oxygen atoms in total. The number of likely N-dealkylation sites (N-methyl/N-ethyl adjacent to an activating group) is 1. The summed E-state index contributed by atoms with van der Waals surface area (Å²) >= 11 is 0. The standard InChI is InChI=1S/C26H28FN3O3/c1-3-7-22-16-24(28-33-22)26(32)30-13-12-29(2)25(31)20(17-30)14-18-8-4-5-11-23(18)19-9-6-10-21(27)15-19/h4-6,8-11,15-16,20H,3,7,12-14,17H2,1-2H3/t20-/m0/s1. The van der Waals surface area contributed by atoms with Crippen molar-refractivity contribution in [3.8, 4) is 11.1 Å². The molecule has 1 aliphatic heterocycles. The molecule has 1 atom stereocenters. The van der Waals surface area contributed by atoms with Gasteiger partial charge in [0.15, 0.2) is 5.69 Å². The third kappa shape index (κ3) is 5.13. The van der Waals surface area contributed by atoms with Gasteiger partial charge in [0, 0.05) is 39.2 Å². The molecule has 7 heteroatoms. The van der Waals surface area contributed by atoms with Crippen molar-refractivity contribution in [1.82, 2.24) is 15.0 Å². The minimum Gasteiger partial charge on any atom is -0.361 e. The second kappa shape index (κ2) is 9.98. The molecule has 1 aromatic heterocycles. The Morgan fingerprint density at radius 2 is 1.97 bits per heavy atom. The predicted molar refractivity (Wildman–Crippen MR) is 123 cm³/mol. The minimum absolute atomic E-state index is 0.00818. The van der Waals surface area contributed by atoms with E-state index in [1.165, 1.54) is 12.1 Å². The Balaban J connectivity index is 1.59. The van der Waals surface area contributed by atoms with Gasteiger partial charge in [-0.1, -0.05) is 48.5 Å². The van der Waals surface area contributed by atoms with Gasteiger partial charge in [0.1, 0.15) is 11.6 Å². The normalized spacial score (nSPS) is 16.7. The number of hydrogen-bond acceptors (Lipinski definition) is 4. The molecule has 0 bridgehead atoms. The Bertz CT molecular complexity index is 1140. The maximum absolute atomic E-state index is 13.8. The van der Waals surface area contributed by atoms with E-state index >= 15 is 0 Å². The molecule has 0 N–H and O–H groups in total. The number of aromatic nitrogens is 1. The molecular formula is C26H28FN3O3. The van der Waals surface area contributed by atoms with Gasteiger partial charge in [-0.2, -0.15) is 0 Å². The Labute approximate surface area is 193 Å². The van der Waals surface area contributed by atoms with Crippen molar-refractivity contribution in [2.45, 2.75) is 26.2 Å². The fraction of sp³-hybridized carbons (Fsp3) is 0.346. The van der Waals surface area contributed by atoms with Crippen LogP contribution in [0.4, 0.5) is 4.39 Å². The Kier molecular flexibility index (Phi) is 6.87. The topological polar surface area (TPSA) is 66.7 Å². The molecular weight excluding hydrogens is 421 g/mol. The van der Waals surface area contributed by atoms with Crippen molar-refractivity contribution in [3.05, 3.63) is 77.4 Å². The molecule has 172 valence electrons. The second-order valence-electron chi connectivity index (χ2n) is 8.51. The summed E-state index contributed by atoms with van der Waals surface area (Å²) < 4.78 is 19.1. The third-order valence-electron chi connectivity index (χ3n) is 6.05. The van der Waals surface area contributed by atoms with E-state index in [4.69, 9.17) is 4.52 Å². The van der Waals surface area contributed by atoms with Crippen molar-refractivity contribution in [1.29, 1.82) is 0 Å². The molecule has 1 saturated heterocycles. The summed E-state index contributed by atoms with van der Waals surface area (Å²) in [5.74, 6) is -0.277. The van der Waals surface area contributed by atoms with Crippen LogP contribution < -0.4 is 0 Å². The number of halogens is 1. The highest BCUT2D eigenvalue weighted by Crippen LogP contribution is 2.28. The van der Waals surface area contributed by atoms with Crippen molar-refractivity contribution in [3.63, 3.8) is 0 Å². The van der Waals surface area contributed by atoms with Crippen LogP contribution in [0.2, 0.25) is 0 Å². The van der Waals surface area contributed by atoms with Crippen molar-refractivity contribution in [2.75, 3.05) is 26.7 Å². The second-order valence-corrected chi connectivity index (χ2v) is 8.51. The van der Waals surface area contributed by atoms with Crippen LogP contribution in [0.5, 0.6) is 0 Å². The molecule has 2 aromatic carbocycles. The molecule has 0 unspecified atom stereocenters. The first-order valence-corrected chi connectivity index (χ1v) is 11.3. The summed E-state index contributed by atoms with van der Waals surface area (Å²) in [5.41, 5.74) is 2.86. The Hall–Kier alpha value is -3.48. The van der Waals surface area contributed by atoms with E-state index in [1.54, 1.807) is 29.0 Å². The number of aryl methyl sites for hydroxylation is 1. The van der Waals surface area contributed by atoms with Gasteiger partial charge in [0.2, 0.25) is 5.91 Å². The van der Waals surface area contributed by atoms with E-state index in [0.717, 1.165) is 29.5 Å². The number of carbonyl (C=O) groups is 2. The molecule has 3 aromatic rings. The zero-order valence-corrected chi connectivity index (χ0v) is 19.0. The zero-order chi connectivity index (χ0) is 23.4. The first kappa shape index (κ1) is 22.7. The third-order valence-corrected chi connectivity index (χ3v) is 6.05.